The van der Waals surface area contributed by atoms with Gasteiger partial charge in [0.15, 0.2) is 0 Å². The molecule has 6 heteroatoms. The van der Waals surface area contributed by atoms with Crippen LogP contribution in [0.25, 0.3) is 10.8 Å². The number of amides is 2. The highest BCUT2D eigenvalue weighted by atomic mass is 16.5. The molecule has 6 nitrogen and oxygen atoms in total. The van der Waals surface area contributed by atoms with Crippen LogP contribution >= 0.6 is 0 Å². The van der Waals surface area contributed by atoms with Crippen LogP contribution in [0.2, 0.25) is 0 Å². The molecule has 1 heterocycles. The first-order valence-corrected chi connectivity index (χ1v) is 11.8. The minimum absolute atomic E-state index is 0.152. The number of benzene rings is 3. The minimum atomic E-state index is -0.809. The highest BCUT2D eigenvalue weighted by Gasteiger charge is 2.38. The number of rotatable bonds is 6. The van der Waals surface area contributed by atoms with E-state index >= 15 is 0 Å². The zero-order valence-electron chi connectivity index (χ0n) is 20.4. The van der Waals surface area contributed by atoms with Crippen molar-refractivity contribution in [3.63, 3.8) is 0 Å². The summed E-state index contributed by atoms with van der Waals surface area (Å²) in [7, 11) is 1.64. The molecule has 3 aromatic rings. The van der Waals surface area contributed by atoms with E-state index in [-0.39, 0.29) is 24.3 Å². The van der Waals surface area contributed by atoms with E-state index in [1.165, 1.54) is 0 Å². The summed E-state index contributed by atoms with van der Waals surface area (Å²) in [4.78, 5) is 28.4. The van der Waals surface area contributed by atoms with Gasteiger partial charge in [0, 0.05) is 11.5 Å². The second-order valence-electron chi connectivity index (χ2n) is 8.93. The topological polar surface area (TPSA) is 67.9 Å². The number of ether oxygens (including phenoxy) is 2. The molecule has 1 aliphatic heterocycles. The molecular formula is C28H32N2O4. The number of anilines is 1. The molecule has 0 aromatic heterocycles. The van der Waals surface area contributed by atoms with Crippen LogP contribution in [0.5, 0.6) is 11.5 Å². The maximum atomic E-state index is 14.0. The number of fused-ring (bicyclic) bond motifs is 2. The van der Waals surface area contributed by atoms with Gasteiger partial charge in [0.1, 0.15) is 23.6 Å². The van der Waals surface area contributed by atoms with Gasteiger partial charge in [-0.1, -0.05) is 50.2 Å². The van der Waals surface area contributed by atoms with Crippen LogP contribution in [0.1, 0.15) is 38.3 Å². The Kier molecular flexibility index (Phi) is 6.77. The van der Waals surface area contributed by atoms with E-state index in [1.807, 2.05) is 63.2 Å². The number of nitrogens with one attached hydrogen (secondary N) is 1. The lowest BCUT2D eigenvalue weighted by Crippen LogP contribution is -2.54. The fourth-order valence-corrected chi connectivity index (χ4v) is 4.43. The molecule has 0 saturated carbocycles. The maximum absolute atomic E-state index is 14.0. The van der Waals surface area contributed by atoms with Crippen molar-refractivity contribution in [3.05, 3.63) is 65.7 Å². The largest absolute Gasteiger partial charge is 0.496 e. The predicted octanol–water partition coefficient (Wildman–Crippen LogP) is 5.00. The molecule has 4 rings (SSSR count). The average molecular weight is 461 g/mol. The number of hydrogen-bond acceptors (Lipinski definition) is 4. The summed E-state index contributed by atoms with van der Waals surface area (Å²) in [6.45, 7) is 7.99. The summed E-state index contributed by atoms with van der Waals surface area (Å²) < 4.78 is 11.9. The molecule has 1 N–H and O–H groups in total. The molecule has 2 amide bonds. The lowest BCUT2D eigenvalue weighted by molar-refractivity contribution is -0.131. The smallest absolute Gasteiger partial charge is 0.253 e. The quantitative estimate of drug-likeness (QED) is 0.562. The molecule has 0 saturated heterocycles. The highest BCUT2D eigenvalue weighted by molar-refractivity contribution is 6.02. The first-order chi connectivity index (χ1) is 16.3. The molecule has 0 unspecified atom stereocenters. The Morgan fingerprint density at radius 3 is 2.62 bits per heavy atom. The molecule has 0 aliphatic carbocycles. The average Bonchev–Trinajstić information content (AvgIpc) is 2.94. The summed E-state index contributed by atoms with van der Waals surface area (Å²) >= 11 is 0. The van der Waals surface area contributed by atoms with Crippen molar-refractivity contribution in [2.24, 2.45) is 5.92 Å². The van der Waals surface area contributed by atoms with Gasteiger partial charge in [0.2, 0.25) is 5.91 Å². The van der Waals surface area contributed by atoms with E-state index in [0.717, 1.165) is 21.9 Å². The number of carbonyl (C=O) groups is 2. The van der Waals surface area contributed by atoms with E-state index < -0.39 is 12.1 Å². The van der Waals surface area contributed by atoms with Crippen molar-refractivity contribution < 1.29 is 19.1 Å². The zero-order chi connectivity index (χ0) is 24.4. The Morgan fingerprint density at radius 1 is 1.12 bits per heavy atom. The number of hydrogen-bond donors (Lipinski definition) is 1. The summed E-state index contributed by atoms with van der Waals surface area (Å²) in [5.74, 6) is 0.766. The van der Waals surface area contributed by atoms with Gasteiger partial charge >= 0.3 is 0 Å². The second kappa shape index (κ2) is 9.75. The minimum Gasteiger partial charge on any atom is -0.496 e. The normalized spacial score (nSPS) is 18.6. The van der Waals surface area contributed by atoms with E-state index in [2.05, 4.69) is 24.4 Å². The van der Waals surface area contributed by atoms with Crippen molar-refractivity contribution in [1.29, 1.82) is 0 Å². The van der Waals surface area contributed by atoms with Gasteiger partial charge in [-0.2, -0.15) is 0 Å². The SMILES string of the molecule is CC[C@@H](C)C(=O)N[C@@H]1C(=O)N(Cc2c(OC)ccc3c(C)cccc23)c2ccccc2O[C@H]1C. The molecular weight excluding hydrogens is 428 g/mol. The Labute approximate surface area is 200 Å². The van der Waals surface area contributed by atoms with Crippen LogP contribution in [0.15, 0.2) is 54.6 Å². The number of para-hydroxylation sites is 2. The monoisotopic (exact) mass is 460 g/mol. The molecule has 3 aromatic carbocycles. The van der Waals surface area contributed by atoms with Gasteiger partial charge in [-0.15, -0.1) is 0 Å². The lowest BCUT2D eigenvalue weighted by atomic mass is 9.99. The third-order valence-electron chi connectivity index (χ3n) is 6.71. The van der Waals surface area contributed by atoms with Crippen LogP contribution in [0.4, 0.5) is 5.69 Å². The van der Waals surface area contributed by atoms with E-state index in [0.29, 0.717) is 23.6 Å². The van der Waals surface area contributed by atoms with Crippen LogP contribution in [-0.2, 0) is 16.1 Å². The fourth-order valence-electron chi connectivity index (χ4n) is 4.43. The van der Waals surface area contributed by atoms with Crippen molar-refractivity contribution >= 4 is 28.3 Å². The maximum Gasteiger partial charge on any atom is 0.253 e. The highest BCUT2D eigenvalue weighted by Crippen LogP contribution is 2.37. The van der Waals surface area contributed by atoms with Crippen molar-refractivity contribution in [3.8, 4) is 11.5 Å². The molecule has 0 spiro atoms. The Hall–Kier alpha value is -3.54. The van der Waals surface area contributed by atoms with Gasteiger partial charge in [-0.25, -0.2) is 0 Å². The van der Waals surface area contributed by atoms with Crippen molar-refractivity contribution in [2.75, 3.05) is 12.0 Å². The molecule has 178 valence electrons. The summed E-state index contributed by atoms with van der Waals surface area (Å²) in [5, 5.41) is 5.09. The van der Waals surface area contributed by atoms with Crippen LogP contribution < -0.4 is 19.7 Å². The number of carbonyl (C=O) groups excluding carboxylic acids is 2. The van der Waals surface area contributed by atoms with Gasteiger partial charge < -0.3 is 19.7 Å². The van der Waals surface area contributed by atoms with E-state index in [9.17, 15) is 9.59 Å². The Bertz CT molecular complexity index is 1220. The number of aryl methyl sites for hydroxylation is 1. The Balaban J connectivity index is 1.81. The molecule has 0 fully saturated rings. The molecule has 3 atom stereocenters. The van der Waals surface area contributed by atoms with Crippen LogP contribution in [0.3, 0.4) is 0 Å². The summed E-state index contributed by atoms with van der Waals surface area (Å²) in [6, 6.07) is 16.8. The molecule has 0 bridgehead atoms. The first-order valence-electron chi connectivity index (χ1n) is 11.8. The van der Waals surface area contributed by atoms with Crippen molar-refractivity contribution in [2.45, 2.75) is 52.8 Å². The van der Waals surface area contributed by atoms with Crippen LogP contribution in [0, 0.1) is 12.8 Å². The molecule has 0 radical (unpaired) electrons. The molecule has 34 heavy (non-hydrogen) atoms. The summed E-state index contributed by atoms with van der Waals surface area (Å²) in [5.41, 5.74) is 2.74. The third kappa shape index (κ3) is 4.32. The predicted molar refractivity (Wildman–Crippen MR) is 134 cm³/mol. The van der Waals surface area contributed by atoms with E-state index in [1.54, 1.807) is 12.0 Å². The Morgan fingerprint density at radius 2 is 1.88 bits per heavy atom. The van der Waals surface area contributed by atoms with Crippen LogP contribution in [-0.4, -0.2) is 31.1 Å². The standard InChI is InChI=1S/C28H32N2O4/c1-6-17(2)27(31)29-26-19(4)34-25-13-8-7-12-23(25)30(28(26)32)16-22-21-11-9-10-18(3)20(21)14-15-24(22)33-5/h7-15,17,19,26H,6,16H2,1-5H3,(H,29,31)/t17-,19+,26+/m1/s1. The van der Waals surface area contributed by atoms with E-state index in [4.69, 9.17) is 9.47 Å². The fraction of sp³-hybridized carbons (Fsp3) is 0.357. The van der Waals surface area contributed by atoms with Gasteiger partial charge in [0.25, 0.3) is 5.91 Å². The second-order valence-corrected chi connectivity index (χ2v) is 8.93. The third-order valence-corrected chi connectivity index (χ3v) is 6.71. The lowest BCUT2D eigenvalue weighted by Gasteiger charge is -2.28. The van der Waals surface area contributed by atoms with Crippen molar-refractivity contribution in [1.82, 2.24) is 5.32 Å². The van der Waals surface area contributed by atoms with Gasteiger partial charge in [0.05, 0.1) is 19.3 Å². The zero-order valence-corrected chi connectivity index (χ0v) is 20.4. The first kappa shape index (κ1) is 23.6. The van der Waals surface area contributed by atoms with Gasteiger partial charge in [-0.05, 0) is 54.8 Å². The summed E-state index contributed by atoms with van der Waals surface area (Å²) in [6.07, 6.45) is 0.168. The number of methoxy groups -OCH3 is 1. The number of nitrogens with zero attached hydrogens (tertiary/aromatic N) is 1. The van der Waals surface area contributed by atoms with Gasteiger partial charge in [-0.3, -0.25) is 9.59 Å². The molecule has 1 aliphatic rings.